The van der Waals surface area contributed by atoms with Crippen molar-refractivity contribution in [2.45, 2.75) is 44.6 Å². The first-order valence-electron chi connectivity index (χ1n) is 5.74. The van der Waals surface area contributed by atoms with Gasteiger partial charge in [0, 0.05) is 0 Å². The van der Waals surface area contributed by atoms with E-state index in [9.17, 15) is 14.7 Å². The fraction of sp³-hybridized carbons (Fsp3) is 0.700. The van der Waals surface area contributed by atoms with E-state index in [4.69, 9.17) is 11.5 Å². The fourth-order valence-corrected chi connectivity index (χ4v) is 1.71. The minimum Gasteiger partial charge on any atom is -0.386 e. The molecule has 1 heterocycles. The molecule has 0 fully saturated rings. The smallest absolute Gasteiger partial charge is 0.247 e. The van der Waals surface area contributed by atoms with E-state index in [2.05, 4.69) is 15.6 Å². The molecule has 0 radical (unpaired) electrons. The largest absolute Gasteiger partial charge is 0.386 e. The number of aliphatic hydroxyl groups is 1. The van der Waals surface area contributed by atoms with Crippen LogP contribution in [0.1, 0.15) is 20.3 Å². The number of carbonyl (C=O) groups excluding carboxylic acids is 2. The average molecular weight is 257 g/mol. The van der Waals surface area contributed by atoms with Gasteiger partial charge in [0.2, 0.25) is 5.91 Å². The zero-order valence-corrected chi connectivity index (χ0v) is 10.4. The summed E-state index contributed by atoms with van der Waals surface area (Å²) in [6, 6.07) is -1.49. The van der Waals surface area contributed by atoms with Crippen LogP contribution in [0.2, 0.25) is 0 Å². The van der Waals surface area contributed by atoms with E-state index in [1.54, 1.807) is 6.92 Å². The van der Waals surface area contributed by atoms with Gasteiger partial charge in [-0.25, -0.2) is 4.99 Å². The van der Waals surface area contributed by atoms with Gasteiger partial charge >= 0.3 is 0 Å². The maximum absolute atomic E-state index is 11.7. The van der Waals surface area contributed by atoms with E-state index >= 15 is 0 Å². The van der Waals surface area contributed by atoms with Crippen LogP contribution in [0, 0.1) is 0 Å². The molecule has 8 heteroatoms. The molecule has 18 heavy (non-hydrogen) atoms. The summed E-state index contributed by atoms with van der Waals surface area (Å²) in [4.78, 5) is 27.2. The fourth-order valence-electron chi connectivity index (χ4n) is 1.71. The number of hydrogen-bond acceptors (Lipinski definition) is 7. The summed E-state index contributed by atoms with van der Waals surface area (Å²) in [5, 5.41) is 14.4. The highest BCUT2D eigenvalue weighted by Gasteiger charge is 2.34. The lowest BCUT2D eigenvalue weighted by molar-refractivity contribution is -0.129. The van der Waals surface area contributed by atoms with Crippen LogP contribution in [0.5, 0.6) is 0 Å². The van der Waals surface area contributed by atoms with Crippen LogP contribution in [-0.2, 0) is 9.59 Å². The summed E-state index contributed by atoms with van der Waals surface area (Å²) in [5.41, 5.74) is 11.0. The second-order valence-electron chi connectivity index (χ2n) is 4.18. The number of nitrogens with zero attached hydrogens (tertiary/aromatic N) is 1. The van der Waals surface area contributed by atoms with Crippen molar-refractivity contribution in [2.24, 2.45) is 16.5 Å². The maximum Gasteiger partial charge on any atom is 0.247 e. The Bertz CT molecular complexity index is 369. The van der Waals surface area contributed by atoms with Gasteiger partial charge in [-0.15, -0.1) is 0 Å². The van der Waals surface area contributed by atoms with Crippen molar-refractivity contribution in [2.75, 3.05) is 0 Å². The molecule has 1 aliphatic heterocycles. The molecule has 1 amide bonds. The zero-order chi connectivity index (χ0) is 13.9. The third-order valence-electron chi connectivity index (χ3n) is 2.71. The first-order chi connectivity index (χ1) is 8.36. The van der Waals surface area contributed by atoms with E-state index in [1.165, 1.54) is 6.92 Å². The Morgan fingerprint density at radius 3 is 2.72 bits per heavy atom. The van der Waals surface area contributed by atoms with E-state index in [1.807, 2.05) is 0 Å². The van der Waals surface area contributed by atoms with Gasteiger partial charge in [-0.3, -0.25) is 20.2 Å². The van der Waals surface area contributed by atoms with Crippen LogP contribution < -0.4 is 22.1 Å². The Morgan fingerprint density at radius 2 is 2.28 bits per heavy atom. The van der Waals surface area contributed by atoms with Gasteiger partial charge in [0.25, 0.3) is 0 Å². The van der Waals surface area contributed by atoms with E-state index in [-0.39, 0.29) is 11.7 Å². The van der Waals surface area contributed by atoms with Crippen LogP contribution >= 0.6 is 0 Å². The number of amides is 1. The van der Waals surface area contributed by atoms with Gasteiger partial charge in [0.1, 0.15) is 18.3 Å². The molecule has 0 aromatic rings. The second-order valence-corrected chi connectivity index (χ2v) is 4.18. The first-order valence-corrected chi connectivity index (χ1v) is 5.74. The molecule has 7 N–H and O–H groups in total. The van der Waals surface area contributed by atoms with Gasteiger partial charge < -0.3 is 16.6 Å². The average Bonchev–Trinajstić information content (AvgIpc) is 2.27. The molecule has 1 aliphatic rings. The van der Waals surface area contributed by atoms with Crippen LogP contribution in [0.4, 0.5) is 0 Å². The normalized spacial score (nSPS) is 27.1. The Morgan fingerprint density at radius 1 is 1.67 bits per heavy atom. The second kappa shape index (κ2) is 5.89. The van der Waals surface area contributed by atoms with Crippen molar-refractivity contribution >= 4 is 17.6 Å². The molecule has 0 spiro atoms. The number of rotatable bonds is 5. The molecular weight excluding hydrogens is 238 g/mol. The quantitative estimate of drug-likeness (QED) is 0.365. The Labute approximate surface area is 105 Å². The van der Waals surface area contributed by atoms with Crippen molar-refractivity contribution in [1.82, 2.24) is 10.6 Å². The third kappa shape index (κ3) is 3.25. The summed E-state index contributed by atoms with van der Waals surface area (Å²) in [6.45, 7) is 3.14. The number of nitrogens with two attached hydrogens (primary N) is 2. The number of aliphatic hydroxyl groups excluding tert-OH is 1. The van der Waals surface area contributed by atoms with E-state index < -0.39 is 30.3 Å². The van der Waals surface area contributed by atoms with Crippen molar-refractivity contribution in [3.8, 4) is 0 Å². The van der Waals surface area contributed by atoms with Crippen LogP contribution in [0.15, 0.2) is 4.99 Å². The number of guanidine groups is 1. The van der Waals surface area contributed by atoms with Crippen LogP contribution in [-0.4, -0.2) is 47.1 Å². The van der Waals surface area contributed by atoms with Crippen molar-refractivity contribution in [3.63, 3.8) is 0 Å². The van der Waals surface area contributed by atoms with Gasteiger partial charge in [0.05, 0.1) is 6.04 Å². The van der Waals surface area contributed by atoms with Gasteiger partial charge in [-0.05, 0) is 13.3 Å². The molecule has 0 bridgehead atoms. The number of hydrogen-bond donors (Lipinski definition) is 5. The minimum atomic E-state index is -1.10. The molecule has 102 valence electrons. The van der Waals surface area contributed by atoms with Crippen LogP contribution in [0.3, 0.4) is 0 Å². The zero-order valence-electron chi connectivity index (χ0n) is 10.4. The number of carbonyl (C=O) groups is 2. The Balaban J connectivity index is 2.76. The highest BCUT2D eigenvalue weighted by atomic mass is 16.3. The van der Waals surface area contributed by atoms with Crippen molar-refractivity contribution in [3.05, 3.63) is 0 Å². The third-order valence-corrected chi connectivity index (χ3v) is 2.71. The molecule has 1 rings (SSSR count). The highest BCUT2D eigenvalue weighted by Crippen LogP contribution is 2.05. The molecule has 0 aliphatic carbocycles. The lowest BCUT2D eigenvalue weighted by atomic mass is 10.0. The molecule has 0 aromatic heterocycles. The topological polar surface area (TPSA) is 143 Å². The van der Waals surface area contributed by atoms with Gasteiger partial charge in [0.15, 0.2) is 11.7 Å². The molecule has 8 nitrogen and oxygen atoms in total. The molecule has 0 saturated carbocycles. The summed E-state index contributed by atoms with van der Waals surface area (Å²) >= 11 is 0. The lowest BCUT2D eigenvalue weighted by Crippen LogP contribution is -2.63. The maximum atomic E-state index is 11.7. The summed E-state index contributed by atoms with van der Waals surface area (Å²) in [6.07, 6.45) is -1.52. The number of nitrogens with one attached hydrogen (secondary N) is 2. The first kappa shape index (κ1) is 14.6. The van der Waals surface area contributed by atoms with E-state index in [0.29, 0.717) is 6.42 Å². The monoisotopic (exact) mass is 257 g/mol. The van der Waals surface area contributed by atoms with Gasteiger partial charge in [-0.1, -0.05) is 6.92 Å². The predicted octanol–water partition coefficient (Wildman–Crippen LogP) is -2.60. The molecule has 4 atom stereocenters. The lowest BCUT2D eigenvalue weighted by Gasteiger charge is -2.29. The molecule has 0 aromatic carbocycles. The molecule has 0 saturated heterocycles. The van der Waals surface area contributed by atoms with Gasteiger partial charge in [-0.2, -0.15) is 0 Å². The number of ketones is 1. The molecular formula is C10H19N5O3. The van der Waals surface area contributed by atoms with Crippen molar-refractivity contribution in [1.29, 1.82) is 0 Å². The Hall–Kier alpha value is -1.51. The summed E-state index contributed by atoms with van der Waals surface area (Å²) in [5.74, 6) is -0.868. The molecule has 4 unspecified atom stereocenters. The highest BCUT2D eigenvalue weighted by molar-refractivity contribution is 6.01. The summed E-state index contributed by atoms with van der Waals surface area (Å²) < 4.78 is 0. The van der Waals surface area contributed by atoms with Crippen LogP contribution in [0.25, 0.3) is 0 Å². The summed E-state index contributed by atoms with van der Waals surface area (Å²) in [7, 11) is 0. The SMILES string of the molecule is CCC(NC1C(=O)NC(N)=NC1N)C(=O)C(C)O. The van der Waals surface area contributed by atoms with E-state index in [0.717, 1.165) is 0 Å². The number of aliphatic imine (C=N–C) groups is 1. The minimum absolute atomic E-state index is 0.0412. The standard InChI is InChI=1S/C10H19N5O3/c1-3-5(7(17)4(2)16)13-6-8(11)14-10(12)15-9(6)18/h4-6,8,13,16H,3,11H2,1-2H3,(H3,12,14,15,18). The van der Waals surface area contributed by atoms with Crippen molar-refractivity contribution < 1.29 is 14.7 Å². The number of Topliss-reactive ketones (excluding diaryl/α,β-unsaturated/α-hetero) is 1. The predicted molar refractivity (Wildman–Crippen MR) is 65.4 cm³/mol. The Kier molecular flexibility index (Phi) is 4.76.